The zero-order valence-corrected chi connectivity index (χ0v) is 7.59. The van der Waals surface area contributed by atoms with Crippen molar-refractivity contribution in [3.8, 4) is 0 Å². The van der Waals surface area contributed by atoms with Crippen LogP contribution in [-0.2, 0) is 0 Å². The topological polar surface area (TPSA) is 0 Å². The van der Waals surface area contributed by atoms with Crippen LogP contribution in [0.25, 0.3) is 0 Å². The second-order valence-electron chi connectivity index (χ2n) is 2.54. The largest absolute Gasteiger partial charge is 0.141 e. The molecule has 0 spiro atoms. The molecule has 0 aliphatic carbocycles. The first kappa shape index (κ1) is 10.7. The van der Waals surface area contributed by atoms with E-state index in [2.05, 4.69) is 34.0 Å². The number of rotatable bonds is 4. The van der Waals surface area contributed by atoms with E-state index in [0.29, 0.717) is 0 Å². The lowest BCUT2D eigenvalue weighted by Gasteiger charge is -1.99. The predicted octanol–water partition coefficient (Wildman–Crippen LogP) is 1.72. The van der Waals surface area contributed by atoms with Gasteiger partial charge in [0, 0.05) is 7.74 Å². The molecular formula is C8H13B3. The van der Waals surface area contributed by atoms with Gasteiger partial charge in [-0.3, -0.25) is 0 Å². The van der Waals surface area contributed by atoms with E-state index in [4.69, 9.17) is 7.74 Å². The molecule has 54 valence electrons. The van der Waals surface area contributed by atoms with Crippen LogP contribution in [0.3, 0.4) is 0 Å². The Morgan fingerprint density at radius 3 is 2.27 bits per heavy atom. The summed E-state index contributed by atoms with van der Waals surface area (Å²) < 4.78 is 0. The highest BCUT2D eigenvalue weighted by Gasteiger charge is 1.90. The molecule has 0 unspecified atom stereocenters. The fraction of sp³-hybridized carbons (Fsp3) is 0.500. The Hall–Kier alpha value is -0.325. The van der Waals surface area contributed by atoms with Crippen molar-refractivity contribution in [3.63, 3.8) is 0 Å². The van der Waals surface area contributed by atoms with Crippen LogP contribution < -0.4 is 0 Å². The Balaban J connectivity index is 4.00. The summed E-state index contributed by atoms with van der Waals surface area (Å²) in [6.07, 6.45) is 1.08. The zero-order chi connectivity index (χ0) is 8.69. The molecule has 0 heterocycles. The van der Waals surface area contributed by atoms with Crippen molar-refractivity contribution >= 4 is 22.2 Å². The molecule has 0 atom stereocenters. The third-order valence-corrected chi connectivity index (χ3v) is 1.57. The number of hydrogen-bond donors (Lipinski definition) is 0. The summed E-state index contributed by atoms with van der Waals surface area (Å²) in [4.78, 5) is 0. The van der Waals surface area contributed by atoms with Crippen LogP contribution in [0.1, 0.15) is 20.8 Å². The number of allylic oxidation sites excluding steroid dienone is 2. The van der Waals surface area contributed by atoms with Crippen LogP contribution in [-0.4, -0.2) is 22.2 Å². The van der Waals surface area contributed by atoms with E-state index in [0.717, 1.165) is 6.32 Å². The molecule has 11 heavy (non-hydrogen) atoms. The molecule has 0 aliphatic rings. The van der Waals surface area contributed by atoms with E-state index in [9.17, 15) is 0 Å². The van der Waals surface area contributed by atoms with Crippen molar-refractivity contribution < 1.29 is 0 Å². The third-order valence-electron chi connectivity index (χ3n) is 1.57. The van der Waals surface area contributed by atoms with Gasteiger partial charge in [0.2, 0.25) is 0 Å². The van der Waals surface area contributed by atoms with Crippen LogP contribution in [0.5, 0.6) is 0 Å². The molecule has 0 bridgehead atoms. The normalized spacial score (nSPS) is 13.0. The Bertz CT molecular complexity index is 159. The van der Waals surface area contributed by atoms with Crippen molar-refractivity contribution in [2.45, 2.75) is 27.1 Å². The minimum Gasteiger partial charge on any atom is -0.130 e. The number of hydrogen-bond acceptors (Lipinski definition) is 0. The minimum atomic E-state index is 1.08. The van der Waals surface area contributed by atoms with Crippen LogP contribution in [0.15, 0.2) is 23.1 Å². The average Bonchev–Trinajstić information content (AvgIpc) is 2.00. The molecule has 3 heteroatoms. The SMILES string of the molecule is [B][B]/C=C(C)/C(C)=C/[B]CC. The van der Waals surface area contributed by atoms with E-state index in [1.54, 1.807) is 7.17 Å². The predicted molar refractivity (Wildman–Crippen MR) is 55.3 cm³/mol. The van der Waals surface area contributed by atoms with E-state index < -0.39 is 0 Å². The van der Waals surface area contributed by atoms with Crippen molar-refractivity contribution in [2.75, 3.05) is 0 Å². The first-order valence-corrected chi connectivity index (χ1v) is 3.94. The summed E-state index contributed by atoms with van der Waals surface area (Å²) >= 11 is 0. The van der Waals surface area contributed by atoms with Gasteiger partial charge in [0.1, 0.15) is 7.28 Å². The Labute approximate surface area is 73.0 Å². The standard InChI is InChI=1S/C8H13B3/c1-4-10-5-7(2)8(3)6-11-9/h5-6H,4H2,1-3H3/b7-5+,8-6+. The molecule has 4 radical (unpaired) electrons. The molecule has 0 amide bonds. The van der Waals surface area contributed by atoms with Gasteiger partial charge in [-0.05, 0) is 13.8 Å². The molecule has 0 aliphatic heterocycles. The molecule has 0 N–H and O–H groups in total. The van der Waals surface area contributed by atoms with Gasteiger partial charge in [0.25, 0.3) is 0 Å². The lowest BCUT2D eigenvalue weighted by molar-refractivity contribution is 1.36. The van der Waals surface area contributed by atoms with E-state index in [1.165, 1.54) is 11.1 Å². The molecule has 0 saturated carbocycles. The van der Waals surface area contributed by atoms with Crippen molar-refractivity contribution in [3.05, 3.63) is 23.1 Å². The monoisotopic (exact) mass is 142 g/mol. The smallest absolute Gasteiger partial charge is 0.130 e. The molecule has 0 fully saturated rings. The molecule has 0 aromatic carbocycles. The molecule has 0 rings (SSSR count). The van der Waals surface area contributed by atoms with E-state index >= 15 is 0 Å². The second kappa shape index (κ2) is 6.39. The first-order chi connectivity index (χ1) is 5.22. The highest BCUT2D eigenvalue weighted by atomic mass is 13.9. The lowest BCUT2D eigenvalue weighted by Crippen LogP contribution is -1.89. The molecule has 0 aromatic heterocycles. The molecular weight excluding hydrogens is 129 g/mol. The van der Waals surface area contributed by atoms with E-state index in [-0.39, 0.29) is 0 Å². The zero-order valence-electron chi connectivity index (χ0n) is 7.59. The van der Waals surface area contributed by atoms with Crippen molar-refractivity contribution in [1.82, 2.24) is 0 Å². The van der Waals surface area contributed by atoms with Gasteiger partial charge in [-0.25, -0.2) is 0 Å². The van der Waals surface area contributed by atoms with Gasteiger partial charge in [-0.1, -0.05) is 24.4 Å². The quantitative estimate of drug-likeness (QED) is 0.413. The van der Waals surface area contributed by atoms with Crippen molar-refractivity contribution in [1.29, 1.82) is 0 Å². The molecule has 0 nitrogen and oxygen atoms in total. The summed E-state index contributed by atoms with van der Waals surface area (Å²) in [7, 11) is 8.97. The fourth-order valence-electron chi connectivity index (χ4n) is 0.702. The van der Waals surface area contributed by atoms with Crippen LogP contribution in [0, 0.1) is 0 Å². The molecule has 0 aromatic rings. The fourth-order valence-corrected chi connectivity index (χ4v) is 0.702. The summed E-state index contributed by atoms with van der Waals surface area (Å²) in [5.41, 5.74) is 2.49. The van der Waals surface area contributed by atoms with Crippen LogP contribution in [0.2, 0.25) is 6.32 Å². The second-order valence-corrected chi connectivity index (χ2v) is 2.54. The lowest BCUT2D eigenvalue weighted by atomic mass is 9.55. The van der Waals surface area contributed by atoms with Gasteiger partial charge in [0.15, 0.2) is 0 Å². The highest BCUT2D eigenvalue weighted by Crippen LogP contribution is 2.06. The summed E-state index contributed by atoms with van der Waals surface area (Å²) in [6.45, 7) is 6.26. The average molecular weight is 142 g/mol. The Morgan fingerprint density at radius 2 is 1.82 bits per heavy atom. The van der Waals surface area contributed by atoms with Gasteiger partial charge in [-0.15, -0.1) is 12.0 Å². The maximum absolute atomic E-state index is 5.26. The van der Waals surface area contributed by atoms with E-state index in [1.807, 2.05) is 5.98 Å². The van der Waals surface area contributed by atoms with Crippen molar-refractivity contribution in [2.24, 2.45) is 0 Å². The Kier molecular flexibility index (Phi) is 6.20. The van der Waals surface area contributed by atoms with Gasteiger partial charge >= 0.3 is 0 Å². The molecule has 0 saturated heterocycles. The maximum Gasteiger partial charge on any atom is 0.141 e. The first-order valence-electron chi connectivity index (χ1n) is 3.94. The summed E-state index contributed by atoms with van der Waals surface area (Å²) in [5.74, 6) is 4.03. The van der Waals surface area contributed by atoms with Crippen LogP contribution in [0.4, 0.5) is 0 Å². The highest BCUT2D eigenvalue weighted by molar-refractivity contribution is 6.92. The van der Waals surface area contributed by atoms with Gasteiger partial charge in [0.05, 0.1) is 7.17 Å². The summed E-state index contributed by atoms with van der Waals surface area (Å²) in [5, 5.41) is 0. The van der Waals surface area contributed by atoms with Crippen LogP contribution >= 0.6 is 0 Å². The maximum atomic E-state index is 5.26. The Morgan fingerprint density at radius 1 is 1.27 bits per heavy atom. The third kappa shape index (κ3) is 5.00. The summed E-state index contributed by atoms with van der Waals surface area (Å²) in [6, 6.07) is 0. The van der Waals surface area contributed by atoms with Gasteiger partial charge in [-0.2, -0.15) is 0 Å². The van der Waals surface area contributed by atoms with Gasteiger partial charge < -0.3 is 0 Å². The minimum absolute atomic E-state index is 1.08.